The van der Waals surface area contributed by atoms with Crippen LogP contribution >= 0.6 is 23.2 Å². The van der Waals surface area contributed by atoms with Crippen LogP contribution in [-0.2, 0) is 19.1 Å². The molecule has 0 saturated heterocycles. The van der Waals surface area contributed by atoms with Crippen molar-refractivity contribution in [3.8, 4) is 0 Å². The van der Waals surface area contributed by atoms with Gasteiger partial charge in [0.15, 0.2) is 5.92 Å². The molecule has 4 rings (SSSR count). The van der Waals surface area contributed by atoms with Gasteiger partial charge in [-0.3, -0.25) is 14.5 Å². The molecule has 0 saturated carbocycles. The predicted octanol–water partition coefficient (Wildman–Crippen LogP) is 4.10. The molecule has 1 aliphatic rings. The van der Waals surface area contributed by atoms with Gasteiger partial charge >= 0.3 is 5.97 Å². The molecule has 162 valence electrons. The molecule has 0 bridgehead atoms. The third-order valence-corrected chi connectivity index (χ3v) is 5.85. The number of benzene rings is 2. The maximum absolute atomic E-state index is 13.6. The molecule has 0 unspecified atom stereocenters. The normalized spacial score (nSPS) is 18.3. The maximum Gasteiger partial charge on any atom is 0.321 e. The van der Waals surface area contributed by atoms with Gasteiger partial charge in [0.1, 0.15) is 0 Å². The van der Waals surface area contributed by atoms with E-state index < -0.39 is 23.8 Å². The topological polar surface area (TPSA) is 73.7 Å². The number of amides is 1. The minimum absolute atomic E-state index is 0.152. The second-order valence-electron chi connectivity index (χ2n) is 7.09. The summed E-state index contributed by atoms with van der Waals surface area (Å²) < 4.78 is 12.4. The molecule has 0 fully saturated rings. The van der Waals surface area contributed by atoms with Crippen molar-refractivity contribution in [2.24, 2.45) is 5.92 Å². The van der Waals surface area contributed by atoms with E-state index in [1.807, 2.05) is 28.8 Å². The fourth-order valence-corrected chi connectivity index (χ4v) is 4.48. The molecule has 9 heteroatoms. The number of ether oxygens (including phenoxy) is 2. The van der Waals surface area contributed by atoms with Crippen LogP contribution in [0, 0.1) is 5.92 Å². The maximum atomic E-state index is 13.6. The summed E-state index contributed by atoms with van der Waals surface area (Å²) in [5, 5.41) is 0.815. The van der Waals surface area contributed by atoms with E-state index in [0.717, 1.165) is 5.52 Å². The Kier molecular flexibility index (Phi) is 6.18. The lowest BCUT2D eigenvalue weighted by molar-refractivity contribution is -0.153. The van der Waals surface area contributed by atoms with E-state index in [4.69, 9.17) is 37.7 Å². The second kappa shape index (κ2) is 8.86. The highest BCUT2D eigenvalue weighted by molar-refractivity contribution is 6.35. The first kappa shape index (κ1) is 21.6. The molecule has 2 heterocycles. The van der Waals surface area contributed by atoms with Crippen molar-refractivity contribution in [3.05, 3.63) is 58.1 Å². The number of methoxy groups -OCH3 is 1. The number of rotatable bonds is 6. The lowest BCUT2D eigenvalue weighted by atomic mass is 9.89. The van der Waals surface area contributed by atoms with Gasteiger partial charge < -0.3 is 14.0 Å². The zero-order valence-electron chi connectivity index (χ0n) is 17.0. The summed E-state index contributed by atoms with van der Waals surface area (Å²) >= 11 is 12.7. The van der Waals surface area contributed by atoms with E-state index in [9.17, 15) is 9.59 Å². The molecular formula is C22H21Cl2N3O4. The first-order valence-corrected chi connectivity index (χ1v) is 10.6. The van der Waals surface area contributed by atoms with Crippen LogP contribution in [0.4, 0.5) is 5.95 Å². The highest BCUT2D eigenvalue weighted by atomic mass is 35.5. The number of nitrogens with zero attached hydrogens (tertiary/aromatic N) is 3. The number of para-hydroxylation sites is 2. The Morgan fingerprint density at radius 3 is 2.68 bits per heavy atom. The summed E-state index contributed by atoms with van der Waals surface area (Å²) in [6, 6.07) is 11.8. The molecule has 0 radical (unpaired) electrons. The molecule has 3 aromatic rings. The van der Waals surface area contributed by atoms with Gasteiger partial charge in [-0.25, -0.2) is 4.98 Å². The smallest absolute Gasteiger partial charge is 0.321 e. The van der Waals surface area contributed by atoms with Gasteiger partial charge in [-0.1, -0.05) is 41.4 Å². The van der Waals surface area contributed by atoms with Crippen LogP contribution in [0.2, 0.25) is 10.0 Å². The fraction of sp³-hybridized carbons (Fsp3) is 0.318. The summed E-state index contributed by atoms with van der Waals surface area (Å²) in [7, 11) is 1.55. The molecular weight excluding hydrogens is 441 g/mol. The summed E-state index contributed by atoms with van der Waals surface area (Å²) in [4.78, 5) is 32.8. The lowest BCUT2D eigenvalue weighted by Crippen LogP contribution is -2.51. The van der Waals surface area contributed by atoms with Crippen molar-refractivity contribution in [3.63, 3.8) is 0 Å². The zero-order chi connectivity index (χ0) is 22.1. The van der Waals surface area contributed by atoms with Crippen LogP contribution in [0.3, 0.4) is 0 Å². The van der Waals surface area contributed by atoms with Crippen LogP contribution < -0.4 is 4.90 Å². The Balaban J connectivity index is 2.00. The first-order valence-electron chi connectivity index (χ1n) is 9.86. The SMILES string of the molecule is CCOC(=O)[C@H]1C(=O)N(CCOC)c2nc3ccccc3n2[C@@H]1c1ccc(Cl)cc1Cl. The predicted molar refractivity (Wildman–Crippen MR) is 119 cm³/mol. The second-order valence-corrected chi connectivity index (χ2v) is 7.94. The summed E-state index contributed by atoms with van der Waals surface area (Å²) in [6.45, 7) is 2.39. The monoisotopic (exact) mass is 461 g/mol. The van der Waals surface area contributed by atoms with Gasteiger partial charge in [0.2, 0.25) is 11.9 Å². The van der Waals surface area contributed by atoms with Crippen molar-refractivity contribution in [2.45, 2.75) is 13.0 Å². The van der Waals surface area contributed by atoms with Crippen LogP contribution in [0.15, 0.2) is 42.5 Å². The van der Waals surface area contributed by atoms with E-state index in [2.05, 4.69) is 0 Å². The minimum atomic E-state index is -1.14. The third kappa shape index (κ3) is 3.78. The standard InChI is InChI=1S/C22H21Cl2N3O4/c1-3-31-21(29)18-19(14-9-8-13(23)12-15(14)24)27-17-7-5-4-6-16(17)25-22(27)26(20(18)28)10-11-30-2/h4-9,12,18-19H,3,10-11H2,1-2H3/t18-,19-/m1/s1. The molecule has 2 aromatic carbocycles. The van der Waals surface area contributed by atoms with Crippen molar-refractivity contribution >= 4 is 52.1 Å². The highest BCUT2D eigenvalue weighted by Crippen LogP contribution is 2.43. The van der Waals surface area contributed by atoms with Crippen LogP contribution in [-0.4, -0.2) is 48.3 Å². The number of esters is 1. The van der Waals surface area contributed by atoms with Gasteiger partial charge in [0, 0.05) is 17.2 Å². The summed E-state index contributed by atoms with van der Waals surface area (Å²) in [5.74, 6) is -1.73. The molecule has 7 nitrogen and oxygen atoms in total. The zero-order valence-corrected chi connectivity index (χ0v) is 18.6. The molecule has 1 aliphatic heterocycles. The van der Waals surface area contributed by atoms with Gasteiger partial charge in [-0.2, -0.15) is 0 Å². The Hall–Kier alpha value is -2.61. The number of carbonyl (C=O) groups excluding carboxylic acids is 2. The number of hydrogen-bond acceptors (Lipinski definition) is 5. The van der Waals surface area contributed by atoms with E-state index >= 15 is 0 Å². The van der Waals surface area contributed by atoms with E-state index in [0.29, 0.717) is 27.1 Å². The number of carbonyl (C=O) groups is 2. The molecule has 0 spiro atoms. The average Bonchev–Trinajstić information content (AvgIpc) is 3.12. The number of fused-ring (bicyclic) bond motifs is 3. The fourth-order valence-electron chi connectivity index (χ4n) is 3.96. The Labute approximate surface area is 189 Å². The van der Waals surface area contributed by atoms with Gasteiger partial charge in [0.05, 0.1) is 36.8 Å². The van der Waals surface area contributed by atoms with Crippen molar-refractivity contribution in [2.75, 3.05) is 31.8 Å². The van der Waals surface area contributed by atoms with Crippen LogP contribution in [0.25, 0.3) is 11.0 Å². The summed E-state index contributed by atoms with van der Waals surface area (Å²) in [5.41, 5.74) is 2.07. The van der Waals surface area contributed by atoms with Crippen molar-refractivity contribution in [1.82, 2.24) is 9.55 Å². The average molecular weight is 462 g/mol. The van der Waals surface area contributed by atoms with Gasteiger partial charge in [0.25, 0.3) is 0 Å². The van der Waals surface area contributed by atoms with E-state index in [1.54, 1.807) is 32.2 Å². The molecule has 2 atom stereocenters. The highest BCUT2D eigenvalue weighted by Gasteiger charge is 2.48. The quantitative estimate of drug-likeness (QED) is 0.407. The molecule has 31 heavy (non-hydrogen) atoms. The molecule has 1 aromatic heterocycles. The van der Waals surface area contributed by atoms with Crippen LogP contribution in [0.1, 0.15) is 18.5 Å². The largest absolute Gasteiger partial charge is 0.465 e. The third-order valence-electron chi connectivity index (χ3n) is 5.29. The van der Waals surface area contributed by atoms with Gasteiger partial charge in [-0.05, 0) is 36.8 Å². The summed E-state index contributed by atoms with van der Waals surface area (Å²) in [6.07, 6.45) is 0. The van der Waals surface area contributed by atoms with Crippen molar-refractivity contribution < 1.29 is 19.1 Å². The van der Waals surface area contributed by atoms with Crippen LogP contribution in [0.5, 0.6) is 0 Å². The van der Waals surface area contributed by atoms with E-state index in [-0.39, 0.29) is 19.8 Å². The number of aromatic nitrogens is 2. The van der Waals surface area contributed by atoms with Gasteiger partial charge in [-0.15, -0.1) is 0 Å². The number of hydrogen-bond donors (Lipinski definition) is 0. The molecule has 0 aliphatic carbocycles. The number of imidazole rings is 1. The number of halogens is 2. The Morgan fingerprint density at radius 1 is 1.19 bits per heavy atom. The van der Waals surface area contributed by atoms with Crippen molar-refractivity contribution in [1.29, 1.82) is 0 Å². The number of anilines is 1. The van der Waals surface area contributed by atoms with E-state index in [1.165, 1.54) is 4.90 Å². The Morgan fingerprint density at radius 2 is 1.97 bits per heavy atom. The lowest BCUT2D eigenvalue weighted by Gasteiger charge is -2.38. The minimum Gasteiger partial charge on any atom is -0.465 e. The first-order chi connectivity index (χ1) is 15.0. The molecule has 0 N–H and O–H groups in total. The molecule has 1 amide bonds. The Bertz CT molecular complexity index is 1150.